The second-order valence-electron chi connectivity index (χ2n) is 7.33. The molecular weight excluding hydrogens is 392 g/mol. The summed E-state index contributed by atoms with van der Waals surface area (Å²) in [4.78, 5) is 28.4. The number of nitrogens with zero attached hydrogens (tertiary/aromatic N) is 1. The third-order valence-electron chi connectivity index (χ3n) is 5.30. The first kappa shape index (κ1) is 20.2. The Kier molecular flexibility index (Phi) is 6.19. The van der Waals surface area contributed by atoms with Gasteiger partial charge in [0.15, 0.2) is 0 Å². The first-order chi connectivity index (χ1) is 14.6. The van der Waals surface area contributed by atoms with Crippen LogP contribution in [0.2, 0.25) is 0 Å². The molecule has 1 N–H and O–H groups in total. The van der Waals surface area contributed by atoms with Gasteiger partial charge in [0.25, 0.3) is 5.91 Å². The van der Waals surface area contributed by atoms with Gasteiger partial charge in [0.05, 0.1) is 6.04 Å². The quantitative estimate of drug-likeness (QED) is 0.649. The summed E-state index contributed by atoms with van der Waals surface area (Å²) in [6.45, 7) is 1.97. The lowest BCUT2D eigenvalue weighted by atomic mass is 10.1. The van der Waals surface area contributed by atoms with Crippen molar-refractivity contribution in [3.63, 3.8) is 0 Å². The fourth-order valence-corrected chi connectivity index (χ4v) is 5.12. The minimum absolute atomic E-state index is 0.123. The van der Waals surface area contributed by atoms with Crippen LogP contribution in [0.3, 0.4) is 0 Å². The van der Waals surface area contributed by atoms with Crippen LogP contribution in [0.15, 0.2) is 91.0 Å². The number of benzene rings is 3. The third kappa shape index (κ3) is 4.26. The van der Waals surface area contributed by atoms with Crippen molar-refractivity contribution < 1.29 is 9.59 Å². The van der Waals surface area contributed by atoms with Gasteiger partial charge in [-0.25, -0.2) is 0 Å². The van der Waals surface area contributed by atoms with Crippen molar-refractivity contribution >= 4 is 23.6 Å². The van der Waals surface area contributed by atoms with Crippen molar-refractivity contribution in [1.82, 2.24) is 10.2 Å². The van der Waals surface area contributed by atoms with Crippen LogP contribution in [-0.4, -0.2) is 28.5 Å². The molecule has 0 radical (unpaired) electrons. The molecule has 4 rings (SSSR count). The van der Waals surface area contributed by atoms with Gasteiger partial charge in [-0.15, -0.1) is 11.8 Å². The molecule has 2 amide bonds. The Bertz CT molecular complexity index is 995. The fourth-order valence-electron chi connectivity index (χ4n) is 3.70. The zero-order valence-corrected chi connectivity index (χ0v) is 17.6. The largest absolute Gasteiger partial charge is 0.348 e. The monoisotopic (exact) mass is 416 g/mol. The van der Waals surface area contributed by atoms with Crippen molar-refractivity contribution in [1.29, 1.82) is 0 Å². The lowest BCUT2D eigenvalue weighted by Crippen LogP contribution is -2.48. The second-order valence-corrected chi connectivity index (χ2v) is 8.44. The van der Waals surface area contributed by atoms with Crippen molar-refractivity contribution in [2.24, 2.45) is 0 Å². The zero-order chi connectivity index (χ0) is 20.9. The molecule has 4 nitrogen and oxygen atoms in total. The zero-order valence-electron chi connectivity index (χ0n) is 16.8. The van der Waals surface area contributed by atoms with Gasteiger partial charge in [-0.05, 0) is 30.2 Å². The van der Waals surface area contributed by atoms with E-state index in [1.54, 1.807) is 28.8 Å². The number of carbonyl (C=O) groups excluding carboxylic acids is 2. The van der Waals surface area contributed by atoms with E-state index in [-0.39, 0.29) is 23.2 Å². The first-order valence-electron chi connectivity index (χ1n) is 10.0. The highest BCUT2D eigenvalue weighted by Crippen LogP contribution is 2.42. The molecule has 0 saturated carbocycles. The smallest absolute Gasteiger partial charge is 0.255 e. The van der Waals surface area contributed by atoms with Crippen LogP contribution >= 0.6 is 11.8 Å². The number of amides is 2. The Hall–Kier alpha value is -3.05. The Balaban J connectivity index is 1.61. The summed E-state index contributed by atoms with van der Waals surface area (Å²) in [7, 11) is 0. The number of nitrogens with one attached hydrogen (secondary N) is 1. The van der Waals surface area contributed by atoms with Gasteiger partial charge in [-0.2, -0.15) is 0 Å². The maximum atomic E-state index is 13.4. The molecule has 5 heteroatoms. The number of hydrogen-bond acceptors (Lipinski definition) is 3. The van der Waals surface area contributed by atoms with Crippen LogP contribution in [0.4, 0.5) is 0 Å². The van der Waals surface area contributed by atoms with Crippen molar-refractivity contribution in [2.45, 2.75) is 24.4 Å². The molecule has 3 aromatic carbocycles. The predicted octanol–water partition coefficient (Wildman–Crippen LogP) is 4.82. The van der Waals surface area contributed by atoms with Crippen LogP contribution in [0.5, 0.6) is 0 Å². The van der Waals surface area contributed by atoms with Gasteiger partial charge in [-0.3, -0.25) is 9.59 Å². The molecule has 30 heavy (non-hydrogen) atoms. The number of rotatable bonds is 5. The summed E-state index contributed by atoms with van der Waals surface area (Å²) < 4.78 is 0. The Labute approximate surface area is 181 Å². The summed E-state index contributed by atoms with van der Waals surface area (Å²) in [5.74, 6) is 0.314. The van der Waals surface area contributed by atoms with Gasteiger partial charge >= 0.3 is 0 Å². The summed E-state index contributed by atoms with van der Waals surface area (Å²) in [5, 5.41) is 2.91. The lowest BCUT2D eigenvalue weighted by Gasteiger charge is -2.30. The van der Waals surface area contributed by atoms with Crippen LogP contribution in [0.1, 0.15) is 39.8 Å². The molecule has 152 valence electrons. The molecule has 3 atom stereocenters. The Morgan fingerprint density at radius 3 is 2.10 bits per heavy atom. The van der Waals surface area contributed by atoms with E-state index >= 15 is 0 Å². The maximum Gasteiger partial charge on any atom is 0.255 e. The van der Waals surface area contributed by atoms with E-state index in [0.29, 0.717) is 11.3 Å². The molecule has 0 spiro atoms. The van der Waals surface area contributed by atoms with Gasteiger partial charge in [0.2, 0.25) is 5.91 Å². The third-order valence-corrected chi connectivity index (χ3v) is 6.62. The van der Waals surface area contributed by atoms with Crippen molar-refractivity contribution in [3.8, 4) is 0 Å². The number of thioether (sulfide) groups is 1. The highest BCUT2D eigenvalue weighted by atomic mass is 32.2. The normalized spacial score (nSPS) is 19.3. The molecule has 1 heterocycles. The fraction of sp³-hybridized carbons (Fsp3) is 0.200. The van der Waals surface area contributed by atoms with Crippen LogP contribution in [0, 0.1) is 0 Å². The van der Waals surface area contributed by atoms with E-state index in [1.165, 1.54) is 0 Å². The molecule has 1 aliphatic rings. The second kappa shape index (κ2) is 9.18. The lowest BCUT2D eigenvalue weighted by molar-refractivity contribution is -0.125. The molecule has 0 aromatic heterocycles. The van der Waals surface area contributed by atoms with Crippen molar-refractivity contribution in [3.05, 3.63) is 108 Å². The minimum Gasteiger partial charge on any atom is -0.348 e. The average Bonchev–Trinajstić information content (AvgIpc) is 3.25. The SMILES string of the molecule is CC(NC(=O)C1CSC(c2ccccc2)N1C(=O)c1ccccc1)c1ccccc1. The van der Waals surface area contributed by atoms with Gasteiger partial charge in [0.1, 0.15) is 11.4 Å². The molecule has 0 bridgehead atoms. The van der Waals surface area contributed by atoms with E-state index in [1.807, 2.05) is 85.8 Å². The Morgan fingerprint density at radius 1 is 0.900 bits per heavy atom. The number of carbonyl (C=O) groups is 2. The molecule has 3 unspecified atom stereocenters. The van der Waals surface area contributed by atoms with E-state index in [4.69, 9.17) is 0 Å². The summed E-state index contributed by atoms with van der Waals surface area (Å²) in [6, 6.07) is 28.3. The predicted molar refractivity (Wildman–Crippen MR) is 121 cm³/mol. The van der Waals surface area contributed by atoms with Gasteiger partial charge < -0.3 is 10.2 Å². The summed E-state index contributed by atoms with van der Waals surface area (Å²) >= 11 is 1.63. The van der Waals surface area contributed by atoms with E-state index in [0.717, 1.165) is 11.1 Å². The standard InChI is InChI=1S/C25H24N2O2S/c1-18(19-11-5-2-6-12-19)26-23(28)22-17-30-25(21-15-9-4-10-16-21)27(22)24(29)20-13-7-3-8-14-20/h2-16,18,22,25H,17H2,1H3,(H,26,28). The van der Waals surface area contributed by atoms with Crippen LogP contribution < -0.4 is 5.32 Å². The highest BCUT2D eigenvalue weighted by molar-refractivity contribution is 7.99. The van der Waals surface area contributed by atoms with Gasteiger partial charge in [0, 0.05) is 11.3 Å². The molecule has 3 aromatic rings. The van der Waals surface area contributed by atoms with Gasteiger partial charge in [-0.1, -0.05) is 78.9 Å². The maximum absolute atomic E-state index is 13.4. The first-order valence-corrected chi connectivity index (χ1v) is 11.1. The van der Waals surface area contributed by atoms with E-state index in [9.17, 15) is 9.59 Å². The van der Waals surface area contributed by atoms with Crippen LogP contribution in [-0.2, 0) is 4.79 Å². The molecular formula is C25H24N2O2S. The molecule has 0 aliphatic carbocycles. The molecule has 1 saturated heterocycles. The van der Waals surface area contributed by atoms with Crippen LogP contribution in [0.25, 0.3) is 0 Å². The minimum atomic E-state index is -0.529. The summed E-state index contributed by atoms with van der Waals surface area (Å²) in [6.07, 6.45) is 0. The average molecular weight is 417 g/mol. The molecule has 1 fully saturated rings. The summed E-state index contributed by atoms with van der Waals surface area (Å²) in [5.41, 5.74) is 2.66. The molecule has 1 aliphatic heterocycles. The highest BCUT2D eigenvalue weighted by Gasteiger charge is 2.42. The number of hydrogen-bond donors (Lipinski definition) is 1. The Morgan fingerprint density at radius 2 is 1.47 bits per heavy atom. The topological polar surface area (TPSA) is 49.4 Å². The van der Waals surface area contributed by atoms with E-state index in [2.05, 4.69) is 5.32 Å². The van der Waals surface area contributed by atoms with E-state index < -0.39 is 6.04 Å². The van der Waals surface area contributed by atoms with Crippen molar-refractivity contribution in [2.75, 3.05) is 5.75 Å².